The summed E-state index contributed by atoms with van der Waals surface area (Å²) in [6.07, 6.45) is 3.13. The van der Waals surface area contributed by atoms with Gasteiger partial charge in [0.1, 0.15) is 6.10 Å². The van der Waals surface area contributed by atoms with Crippen LogP contribution in [0, 0.1) is 6.92 Å². The van der Waals surface area contributed by atoms with E-state index >= 15 is 0 Å². The van der Waals surface area contributed by atoms with E-state index in [4.69, 9.17) is 0 Å². The Morgan fingerprint density at radius 1 is 1.14 bits per heavy atom. The van der Waals surface area contributed by atoms with Crippen molar-refractivity contribution in [3.63, 3.8) is 0 Å². The standard InChI is InChI=1S/C16H15N3OS/c1-11-8-17-16(18-9-11)14(20)7-15-19-13(10-21-15)12-5-3-2-4-6-12/h2-6,8-10,14,20H,7H2,1H3. The summed E-state index contributed by atoms with van der Waals surface area (Å²) in [5.74, 6) is 0.442. The lowest BCUT2D eigenvalue weighted by molar-refractivity contribution is 0.168. The SMILES string of the molecule is Cc1cnc(C(O)Cc2nc(-c3ccccc3)cs2)nc1. The van der Waals surface area contributed by atoms with Crippen molar-refractivity contribution >= 4 is 11.3 Å². The molecule has 2 heterocycles. The van der Waals surface area contributed by atoms with Crippen LogP contribution < -0.4 is 0 Å². The lowest BCUT2D eigenvalue weighted by Gasteiger charge is -2.06. The van der Waals surface area contributed by atoms with Crippen LogP contribution in [0.1, 0.15) is 22.5 Å². The number of thiazole rings is 1. The first kappa shape index (κ1) is 13.9. The molecule has 0 saturated heterocycles. The number of nitrogens with zero attached hydrogens (tertiary/aromatic N) is 3. The molecule has 0 bridgehead atoms. The molecular weight excluding hydrogens is 282 g/mol. The molecule has 1 N–H and O–H groups in total. The summed E-state index contributed by atoms with van der Waals surface area (Å²) < 4.78 is 0. The number of hydrogen-bond acceptors (Lipinski definition) is 5. The lowest BCUT2D eigenvalue weighted by Crippen LogP contribution is -2.06. The maximum atomic E-state index is 10.2. The molecule has 3 aromatic rings. The highest BCUT2D eigenvalue weighted by Crippen LogP contribution is 2.24. The topological polar surface area (TPSA) is 58.9 Å². The van der Waals surface area contributed by atoms with Gasteiger partial charge in [-0.25, -0.2) is 15.0 Å². The molecule has 1 unspecified atom stereocenters. The molecule has 106 valence electrons. The Kier molecular flexibility index (Phi) is 4.03. The van der Waals surface area contributed by atoms with E-state index in [9.17, 15) is 5.11 Å². The van der Waals surface area contributed by atoms with Crippen molar-refractivity contribution < 1.29 is 5.11 Å². The molecule has 5 heteroatoms. The van der Waals surface area contributed by atoms with Crippen LogP contribution in [-0.2, 0) is 6.42 Å². The summed E-state index contributed by atoms with van der Waals surface area (Å²) in [6.45, 7) is 1.92. The highest BCUT2D eigenvalue weighted by Gasteiger charge is 2.14. The summed E-state index contributed by atoms with van der Waals surface area (Å²) in [6, 6.07) is 10.0. The van der Waals surface area contributed by atoms with Crippen LogP contribution in [0.25, 0.3) is 11.3 Å². The number of aromatic nitrogens is 3. The van der Waals surface area contributed by atoms with E-state index in [-0.39, 0.29) is 0 Å². The van der Waals surface area contributed by atoms with Crippen LogP contribution in [-0.4, -0.2) is 20.1 Å². The minimum absolute atomic E-state index is 0.431. The normalized spacial score (nSPS) is 12.3. The quantitative estimate of drug-likeness (QED) is 0.803. The van der Waals surface area contributed by atoms with Gasteiger partial charge in [0.05, 0.1) is 10.7 Å². The second kappa shape index (κ2) is 6.11. The van der Waals surface area contributed by atoms with Crippen molar-refractivity contribution in [1.82, 2.24) is 15.0 Å². The zero-order chi connectivity index (χ0) is 14.7. The zero-order valence-electron chi connectivity index (χ0n) is 11.6. The van der Waals surface area contributed by atoms with Gasteiger partial charge in [-0.15, -0.1) is 11.3 Å². The predicted octanol–water partition coefficient (Wildman–Crippen LogP) is 3.18. The van der Waals surface area contributed by atoms with Crippen molar-refractivity contribution in [2.75, 3.05) is 0 Å². The van der Waals surface area contributed by atoms with Crippen molar-refractivity contribution in [2.24, 2.45) is 0 Å². The van der Waals surface area contributed by atoms with Gasteiger partial charge in [0.15, 0.2) is 5.82 Å². The molecule has 0 saturated carbocycles. The van der Waals surface area contributed by atoms with Crippen molar-refractivity contribution in [1.29, 1.82) is 0 Å². The van der Waals surface area contributed by atoms with Crippen LogP contribution in [0.4, 0.5) is 0 Å². The fourth-order valence-corrected chi connectivity index (χ4v) is 2.82. The Labute approximate surface area is 127 Å². The van der Waals surface area contributed by atoms with E-state index in [1.165, 1.54) is 0 Å². The van der Waals surface area contributed by atoms with Crippen LogP contribution in [0.15, 0.2) is 48.1 Å². The highest BCUT2D eigenvalue weighted by molar-refractivity contribution is 7.09. The Morgan fingerprint density at radius 3 is 2.57 bits per heavy atom. The van der Waals surface area contributed by atoms with Crippen molar-refractivity contribution in [2.45, 2.75) is 19.4 Å². The Balaban J connectivity index is 1.74. The average molecular weight is 297 g/mol. The maximum Gasteiger partial charge on any atom is 0.157 e. The van der Waals surface area contributed by atoms with E-state index in [0.29, 0.717) is 12.2 Å². The molecule has 2 aromatic heterocycles. The first-order valence-electron chi connectivity index (χ1n) is 6.69. The van der Waals surface area contributed by atoms with Crippen LogP contribution in [0.3, 0.4) is 0 Å². The number of aliphatic hydroxyl groups excluding tert-OH is 1. The number of aryl methyl sites for hydroxylation is 1. The zero-order valence-corrected chi connectivity index (χ0v) is 12.4. The van der Waals surface area contributed by atoms with Crippen LogP contribution in [0.5, 0.6) is 0 Å². The molecule has 3 rings (SSSR count). The molecule has 0 radical (unpaired) electrons. The molecule has 21 heavy (non-hydrogen) atoms. The fraction of sp³-hybridized carbons (Fsp3) is 0.188. The van der Waals surface area contributed by atoms with Gasteiger partial charge in [-0.3, -0.25) is 0 Å². The maximum absolute atomic E-state index is 10.2. The smallest absolute Gasteiger partial charge is 0.157 e. The number of benzene rings is 1. The third-order valence-electron chi connectivity index (χ3n) is 3.09. The Morgan fingerprint density at radius 2 is 1.86 bits per heavy atom. The van der Waals surface area contributed by atoms with Gasteiger partial charge in [-0.1, -0.05) is 30.3 Å². The minimum atomic E-state index is -0.722. The molecule has 4 nitrogen and oxygen atoms in total. The molecule has 1 aromatic carbocycles. The molecule has 0 spiro atoms. The fourth-order valence-electron chi connectivity index (χ4n) is 1.98. The van der Waals surface area contributed by atoms with E-state index in [0.717, 1.165) is 21.8 Å². The average Bonchev–Trinajstić information content (AvgIpc) is 2.97. The van der Waals surface area contributed by atoms with Gasteiger partial charge in [0.25, 0.3) is 0 Å². The molecule has 0 aliphatic carbocycles. The summed E-state index contributed by atoms with van der Waals surface area (Å²) >= 11 is 1.54. The predicted molar refractivity (Wildman–Crippen MR) is 83.0 cm³/mol. The number of rotatable bonds is 4. The van der Waals surface area contributed by atoms with E-state index in [1.807, 2.05) is 42.6 Å². The lowest BCUT2D eigenvalue weighted by atomic mass is 10.2. The summed E-state index contributed by atoms with van der Waals surface area (Å²) in [4.78, 5) is 12.9. The largest absolute Gasteiger partial charge is 0.385 e. The second-order valence-corrected chi connectivity index (χ2v) is 5.77. The second-order valence-electron chi connectivity index (χ2n) is 4.83. The minimum Gasteiger partial charge on any atom is -0.385 e. The molecule has 0 aliphatic rings. The third kappa shape index (κ3) is 3.32. The van der Waals surface area contributed by atoms with Gasteiger partial charge in [-0.05, 0) is 12.5 Å². The summed E-state index contributed by atoms with van der Waals surface area (Å²) in [7, 11) is 0. The molecule has 1 atom stereocenters. The first-order chi connectivity index (χ1) is 10.2. The van der Waals surface area contributed by atoms with Gasteiger partial charge < -0.3 is 5.11 Å². The van der Waals surface area contributed by atoms with E-state index in [1.54, 1.807) is 23.7 Å². The highest BCUT2D eigenvalue weighted by atomic mass is 32.1. The molecular formula is C16H15N3OS. The van der Waals surface area contributed by atoms with Gasteiger partial charge in [0, 0.05) is 29.8 Å². The van der Waals surface area contributed by atoms with Crippen molar-refractivity contribution in [3.05, 3.63) is 64.5 Å². The summed E-state index contributed by atoms with van der Waals surface area (Å²) in [5.41, 5.74) is 3.00. The Bertz CT molecular complexity index is 710. The van der Waals surface area contributed by atoms with E-state index in [2.05, 4.69) is 15.0 Å². The van der Waals surface area contributed by atoms with Crippen LogP contribution in [0.2, 0.25) is 0 Å². The van der Waals surface area contributed by atoms with Gasteiger partial charge in [-0.2, -0.15) is 0 Å². The Hall–Kier alpha value is -2.11. The van der Waals surface area contributed by atoms with Crippen LogP contribution >= 0.6 is 11.3 Å². The van der Waals surface area contributed by atoms with Crippen molar-refractivity contribution in [3.8, 4) is 11.3 Å². The van der Waals surface area contributed by atoms with Gasteiger partial charge in [0.2, 0.25) is 0 Å². The van der Waals surface area contributed by atoms with Gasteiger partial charge >= 0.3 is 0 Å². The monoisotopic (exact) mass is 297 g/mol. The molecule has 0 aliphatic heterocycles. The summed E-state index contributed by atoms with van der Waals surface area (Å²) in [5, 5.41) is 13.1. The molecule has 0 fully saturated rings. The number of hydrogen-bond donors (Lipinski definition) is 1. The number of aliphatic hydroxyl groups is 1. The van der Waals surface area contributed by atoms with E-state index < -0.39 is 6.10 Å². The third-order valence-corrected chi connectivity index (χ3v) is 3.96. The molecule has 0 amide bonds. The first-order valence-corrected chi connectivity index (χ1v) is 7.57.